The smallest absolute Gasteiger partial charge is 0.406 e. The van der Waals surface area contributed by atoms with Crippen molar-refractivity contribution >= 4 is 40.1 Å². The molecule has 4 N–H and O–H groups in total. The summed E-state index contributed by atoms with van der Waals surface area (Å²) in [6.07, 6.45) is -6.72. The van der Waals surface area contributed by atoms with Gasteiger partial charge < -0.3 is 30.2 Å². The van der Waals surface area contributed by atoms with Gasteiger partial charge in [0, 0.05) is 17.3 Å². The molecular formula is C26H22F3N5O6. The topological polar surface area (TPSA) is 153 Å². The van der Waals surface area contributed by atoms with Crippen LogP contribution in [0.2, 0.25) is 0 Å². The first-order chi connectivity index (χ1) is 18.9. The van der Waals surface area contributed by atoms with E-state index < -0.39 is 29.9 Å². The lowest BCUT2D eigenvalue weighted by molar-refractivity contribution is -0.274. The first kappa shape index (κ1) is 26.9. The van der Waals surface area contributed by atoms with Crippen LogP contribution in [0, 0.1) is 0 Å². The molecule has 5 rings (SSSR count). The van der Waals surface area contributed by atoms with Crippen LogP contribution in [0.3, 0.4) is 0 Å². The molecule has 2 aromatic carbocycles. The molecule has 0 aliphatic carbocycles. The number of amides is 2. The highest BCUT2D eigenvalue weighted by molar-refractivity contribution is 6.06. The van der Waals surface area contributed by atoms with Crippen molar-refractivity contribution in [3.8, 4) is 17.0 Å². The van der Waals surface area contributed by atoms with Crippen molar-refractivity contribution < 1.29 is 41.9 Å². The molecule has 2 aromatic heterocycles. The zero-order chi connectivity index (χ0) is 28.7. The fraction of sp³-hybridized carbons (Fsp3) is 0.231. The molecule has 208 valence electrons. The van der Waals surface area contributed by atoms with E-state index in [1.165, 1.54) is 36.1 Å². The van der Waals surface area contributed by atoms with Crippen LogP contribution in [0.4, 0.5) is 30.5 Å². The van der Waals surface area contributed by atoms with E-state index in [9.17, 15) is 27.9 Å². The minimum Gasteiger partial charge on any atom is -0.406 e. The number of morpholine rings is 1. The molecule has 1 fully saturated rings. The minimum atomic E-state index is -4.82. The molecule has 0 radical (unpaired) electrons. The number of nitrogens with one attached hydrogen (secondary N) is 1. The Morgan fingerprint density at radius 3 is 2.67 bits per heavy atom. The van der Waals surface area contributed by atoms with Gasteiger partial charge in [0.1, 0.15) is 11.6 Å². The molecule has 2 unspecified atom stereocenters. The van der Waals surface area contributed by atoms with Gasteiger partial charge in [0.05, 0.1) is 24.2 Å². The summed E-state index contributed by atoms with van der Waals surface area (Å²) in [4.78, 5) is 32.2. The number of pyridine rings is 1. The molecule has 1 saturated heterocycles. The Labute approximate surface area is 224 Å². The average Bonchev–Trinajstić information content (AvgIpc) is 3.29. The summed E-state index contributed by atoms with van der Waals surface area (Å²) >= 11 is 0. The maximum atomic E-state index is 13.5. The average molecular weight is 557 g/mol. The van der Waals surface area contributed by atoms with Crippen molar-refractivity contribution in [3.05, 3.63) is 60.7 Å². The fourth-order valence-electron chi connectivity index (χ4n) is 4.25. The highest BCUT2D eigenvalue weighted by Crippen LogP contribution is 2.31. The minimum absolute atomic E-state index is 0.00866. The SMILES string of the molecule is CC1(C(O)C(=O)Nc2ccc3c(N)noc3c2)OCCN(c2cccc(-c3ccc(OC(F)(F)F)cc3)n2)C1=O. The molecule has 2 amide bonds. The van der Waals surface area contributed by atoms with Gasteiger partial charge in [0.2, 0.25) is 0 Å². The van der Waals surface area contributed by atoms with Crippen LogP contribution in [0.5, 0.6) is 5.75 Å². The highest BCUT2D eigenvalue weighted by Gasteiger charge is 2.50. The van der Waals surface area contributed by atoms with Crippen LogP contribution in [0.1, 0.15) is 6.92 Å². The second kappa shape index (κ2) is 10.1. The van der Waals surface area contributed by atoms with Crippen molar-refractivity contribution in [2.75, 3.05) is 29.1 Å². The van der Waals surface area contributed by atoms with E-state index in [4.69, 9.17) is 15.0 Å². The number of halogens is 3. The number of nitrogens with two attached hydrogens (primary N) is 1. The Morgan fingerprint density at radius 2 is 1.95 bits per heavy atom. The standard InChI is InChI=1S/C26H22F3N5O6/c1-25(21(35)23(36)31-15-7-10-17-19(13-15)40-33-22(17)30)24(37)34(11-12-38-25)20-4-2-3-18(32-20)14-5-8-16(9-6-14)39-26(27,28)29/h2-10,13,21,35H,11-12H2,1H3,(H2,30,33)(H,31,36). The number of carbonyl (C=O) groups is 2. The van der Waals surface area contributed by atoms with Crippen molar-refractivity contribution in [3.63, 3.8) is 0 Å². The van der Waals surface area contributed by atoms with E-state index >= 15 is 0 Å². The summed E-state index contributed by atoms with van der Waals surface area (Å²) in [5.41, 5.74) is 5.20. The Hall–Kier alpha value is -4.69. The van der Waals surface area contributed by atoms with Gasteiger partial charge in [-0.15, -0.1) is 13.2 Å². The van der Waals surface area contributed by atoms with E-state index in [2.05, 4.69) is 20.2 Å². The number of nitrogen functional groups attached to an aromatic ring is 1. The van der Waals surface area contributed by atoms with Gasteiger partial charge in [0.25, 0.3) is 11.8 Å². The van der Waals surface area contributed by atoms with Crippen LogP contribution >= 0.6 is 0 Å². The van der Waals surface area contributed by atoms with Crippen molar-refractivity contribution in [2.45, 2.75) is 25.0 Å². The van der Waals surface area contributed by atoms with E-state index in [-0.39, 0.29) is 36.2 Å². The number of rotatable bonds is 6. The lowest BCUT2D eigenvalue weighted by Gasteiger charge is -2.40. The van der Waals surface area contributed by atoms with E-state index in [0.717, 1.165) is 12.1 Å². The fourth-order valence-corrected chi connectivity index (χ4v) is 4.25. The van der Waals surface area contributed by atoms with Crippen LogP contribution in [0.15, 0.2) is 65.2 Å². The third kappa shape index (κ3) is 5.26. The van der Waals surface area contributed by atoms with Crippen LogP contribution in [0.25, 0.3) is 22.2 Å². The molecule has 40 heavy (non-hydrogen) atoms. The van der Waals surface area contributed by atoms with Gasteiger partial charge in [-0.3, -0.25) is 14.5 Å². The van der Waals surface area contributed by atoms with Crippen molar-refractivity contribution in [1.82, 2.24) is 10.1 Å². The zero-order valence-corrected chi connectivity index (χ0v) is 20.8. The van der Waals surface area contributed by atoms with E-state index in [0.29, 0.717) is 22.2 Å². The molecule has 0 saturated carbocycles. The maximum absolute atomic E-state index is 13.5. The van der Waals surface area contributed by atoms with Crippen LogP contribution in [-0.4, -0.2) is 58.3 Å². The molecular weight excluding hydrogens is 535 g/mol. The largest absolute Gasteiger partial charge is 0.573 e. The summed E-state index contributed by atoms with van der Waals surface area (Å²) < 4.78 is 52.0. The van der Waals surface area contributed by atoms with Crippen LogP contribution in [-0.2, 0) is 14.3 Å². The summed E-state index contributed by atoms with van der Waals surface area (Å²) in [6.45, 7) is 1.38. The molecule has 14 heteroatoms. The van der Waals surface area contributed by atoms with Gasteiger partial charge in [-0.1, -0.05) is 11.2 Å². The zero-order valence-electron chi connectivity index (χ0n) is 20.8. The van der Waals surface area contributed by atoms with Gasteiger partial charge in [0.15, 0.2) is 23.1 Å². The number of alkyl halides is 3. The molecule has 11 nitrogen and oxygen atoms in total. The number of aliphatic hydroxyl groups is 1. The maximum Gasteiger partial charge on any atom is 0.573 e. The van der Waals surface area contributed by atoms with Gasteiger partial charge in [-0.25, -0.2) is 4.98 Å². The third-order valence-electron chi connectivity index (χ3n) is 6.32. The van der Waals surface area contributed by atoms with Gasteiger partial charge >= 0.3 is 6.36 Å². The van der Waals surface area contributed by atoms with Crippen LogP contribution < -0.4 is 20.7 Å². The molecule has 2 atom stereocenters. The first-order valence-corrected chi connectivity index (χ1v) is 11.9. The predicted octanol–water partition coefficient (Wildman–Crippen LogP) is 3.49. The van der Waals surface area contributed by atoms with Gasteiger partial charge in [-0.05, 0) is 55.5 Å². The monoisotopic (exact) mass is 557 g/mol. The number of nitrogens with zero attached hydrogens (tertiary/aromatic N) is 3. The lowest BCUT2D eigenvalue weighted by atomic mass is 9.94. The molecule has 1 aliphatic heterocycles. The number of benzene rings is 2. The summed E-state index contributed by atoms with van der Waals surface area (Å²) in [5.74, 6) is -1.60. The molecule has 3 heterocycles. The molecule has 1 aliphatic rings. The quantitative estimate of drug-likeness (QED) is 0.323. The Bertz CT molecular complexity index is 1580. The second-order valence-electron chi connectivity index (χ2n) is 9.04. The molecule has 0 spiro atoms. The number of hydrogen-bond acceptors (Lipinski definition) is 9. The molecule has 0 bridgehead atoms. The predicted molar refractivity (Wildman–Crippen MR) is 136 cm³/mol. The lowest BCUT2D eigenvalue weighted by Crippen LogP contribution is -2.63. The van der Waals surface area contributed by atoms with E-state index in [1.54, 1.807) is 24.3 Å². The third-order valence-corrected chi connectivity index (χ3v) is 6.32. The Kier molecular flexibility index (Phi) is 6.81. The number of anilines is 3. The Balaban J connectivity index is 1.33. The number of aromatic nitrogens is 2. The normalized spacial score (nSPS) is 18.5. The highest BCUT2D eigenvalue weighted by atomic mass is 19.4. The number of carbonyl (C=O) groups excluding carboxylic acids is 2. The summed E-state index contributed by atoms with van der Waals surface area (Å²) in [6, 6.07) is 14.5. The second-order valence-corrected chi connectivity index (χ2v) is 9.04. The van der Waals surface area contributed by atoms with E-state index in [1.807, 2.05) is 0 Å². The Morgan fingerprint density at radius 1 is 1.20 bits per heavy atom. The number of fused-ring (bicyclic) bond motifs is 1. The number of aliphatic hydroxyl groups excluding tert-OH is 1. The van der Waals surface area contributed by atoms with Crippen molar-refractivity contribution in [2.24, 2.45) is 0 Å². The first-order valence-electron chi connectivity index (χ1n) is 11.9. The van der Waals surface area contributed by atoms with Gasteiger partial charge in [-0.2, -0.15) is 0 Å². The number of ether oxygens (including phenoxy) is 2. The summed E-state index contributed by atoms with van der Waals surface area (Å²) in [7, 11) is 0. The van der Waals surface area contributed by atoms with Crippen molar-refractivity contribution in [1.29, 1.82) is 0 Å². The summed E-state index contributed by atoms with van der Waals surface area (Å²) in [5, 5.41) is 17.6. The number of hydrogen-bond donors (Lipinski definition) is 3. The molecule has 4 aromatic rings.